The molecule has 0 radical (unpaired) electrons. The maximum absolute atomic E-state index is 10.8. The minimum Gasteiger partial charge on any atom is -0.422 e. The van der Waals surface area contributed by atoms with E-state index >= 15 is 0 Å². The van der Waals surface area contributed by atoms with Crippen LogP contribution in [0, 0.1) is 10.1 Å². The molecule has 0 fully saturated rings. The lowest BCUT2D eigenvalue weighted by Crippen LogP contribution is -1.95. The van der Waals surface area contributed by atoms with Crippen LogP contribution in [0.2, 0.25) is 0 Å². The summed E-state index contributed by atoms with van der Waals surface area (Å²) in [6.45, 7) is 0. The summed E-state index contributed by atoms with van der Waals surface area (Å²) >= 11 is 1.33. The van der Waals surface area contributed by atoms with E-state index in [4.69, 9.17) is 4.74 Å². The Morgan fingerprint density at radius 3 is 2.84 bits per heavy atom. The fourth-order valence-electron chi connectivity index (χ4n) is 1.59. The molecule has 3 aromatic rings. The second kappa shape index (κ2) is 4.62. The van der Waals surface area contributed by atoms with E-state index in [2.05, 4.69) is 9.97 Å². The molecule has 0 saturated heterocycles. The van der Waals surface area contributed by atoms with Crippen LogP contribution in [0.1, 0.15) is 0 Å². The van der Waals surface area contributed by atoms with Crippen molar-refractivity contribution in [2.45, 2.75) is 0 Å². The lowest BCUT2D eigenvalue weighted by Gasteiger charge is -2.00. The Balaban J connectivity index is 1.99. The molecule has 3 rings (SSSR count). The van der Waals surface area contributed by atoms with Gasteiger partial charge in [0.1, 0.15) is 6.20 Å². The van der Waals surface area contributed by atoms with Crippen LogP contribution in [0.25, 0.3) is 10.2 Å². The zero-order valence-corrected chi connectivity index (χ0v) is 10.3. The average Bonchev–Trinajstić information content (AvgIpc) is 2.81. The highest BCUT2D eigenvalue weighted by Gasteiger charge is 2.17. The Kier molecular flexibility index (Phi) is 2.81. The Morgan fingerprint density at radius 1 is 1.21 bits per heavy atom. The lowest BCUT2D eigenvalue weighted by molar-refractivity contribution is -0.390. The second-order valence-electron chi connectivity index (χ2n) is 3.63. The van der Waals surface area contributed by atoms with Crippen molar-refractivity contribution in [2.24, 2.45) is 0 Å². The molecule has 19 heavy (non-hydrogen) atoms. The average molecular weight is 273 g/mol. The van der Waals surface area contributed by atoms with Crippen molar-refractivity contribution in [3.8, 4) is 10.9 Å². The molecule has 0 N–H and O–H groups in total. The van der Waals surface area contributed by atoms with Crippen LogP contribution < -0.4 is 4.74 Å². The van der Waals surface area contributed by atoms with Gasteiger partial charge in [-0.15, -0.1) is 0 Å². The Hall–Kier alpha value is -2.54. The monoisotopic (exact) mass is 273 g/mol. The van der Waals surface area contributed by atoms with Gasteiger partial charge in [-0.1, -0.05) is 23.5 Å². The third-order valence-electron chi connectivity index (χ3n) is 2.40. The first-order valence-electron chi connectivity index (χ1n) is 5.37. The molecule has 2 heterocycles. The summed E-state index contributed by atoms with van der Waals surface area (Å²) in [4.78, 5) is 18.2. The van der Waals surface area contributed by atoms with Gasteiger partial charge in [0.25, 0.3) is 5.19 Å². The second-order valence-corrected chi connectivity index (χ2v) is 4.63. The van der Waals surface area contributed by atoms with Gasteiger partial charge < -0.3 is 14.9 Å². The molecule has 7 heteroatoms. The molecule has 0 spiro atoms. The van der Waals surface area contributed by atoms with Crippen LogP contribution in [-0.4, -0.2) is 14.9 Å². The van der Waals surface area contributed by atoms with Crippen LogP contribution in [0.5, 0.6) is 10.9 Å². The summed E-state index contributed by atoms with van der Waals surface area (Å²) in [5.41, 5.74) is 0.800. The summed E-state index contributed by atoms with van der Waals surface area (Å²) < 4.78 is 6.42. The molecule has 0 bridgehead atoms. The van der Waals surface area contributed by atoms with Gasteiger partial charge in [0.05, 0.1) is 10.2 Å². The normalized spacial score (nSPS) is 10.5. The van der Waals surface area contributed by atoms with Crippen molar-refractivity contribution >= 4 is 27.4 Å². The molecule has 0 atom stereocenters. The Labute approximate surface area is 111 Å². The number of rotatable bonds is 3. The fourth-order valence-corrected chi connectivity index (χ4v) is 2.42. The minimum atomic E-state index is -0.581. The van der Waals surface area contributed by atoms with Gasteiger partial charge in [-0.25, -0.2) is 4.98 Å². The number of thiazole rings is 1. The summed E-state index contributed by atoms with van der Waals surface area (Å²) in [5.74, 6) is -0.228. The number of para-hydroxylation sites is 1. The number of hydrogen-bond acceptors (Lipinski definition) is 6. The number of fused-ring (bicyclic) bond motifs is 1. The molecule has 0 unspecified atom stereocenters. The summed E-state index contributed by atoms with van der Waals surface area (Å²) in [6.07, 6.45) is 1.35. The van der Waals surface area contributed by atoms with Crippen molar-refractivity contribution in [1.29, 1.82) is 0 Å². The topological polar surface area (TPSA) is 78.2 Å². The molecule has 6 nitrogen and oxygen atoms in total. The zero-order valence-electron chi connectivity index (χ0n) is 9.52. The maximum atomic E-state index is 10.8. The molecule has 94 valence electrons. The first-order chi connectivity index (χ1) is 9.24. The van der Waals surface area contributed by atoms with Crippen molar-refractivity contribution in [2.75, 3.05) is 0 Å². The van der Waals surface area contributed by atoms with E-state index in [0.29, 0.717) is 5.19 Å². The van der Waals surface area contributed by atoms with Gasteiger partial charge in [-0.3, -0.25) is 0 Å². The predicted octanol–water partition coefficient (Wildman–Crippen LogP) is 3.39. The number of hydrogen-bond donors (Lipinski definition) is 0. The first kappa shape index (κ1) is 11.5. The molecule has 0 saturated carbocycles. The van der Waals surface area contributed by atoms with E-state index in [1.54, 1.807) is 6.07 Å². The number of nitro groups is 1. The molecular weight excluding hydrogens is 266 g/mol. The van der Waals surface area contributed by atoms with E-state index in [-0.39, 0.29) is 11.6 Å². The smallest absolute Gasteiger partial charge is 0.406 e. The van der Waals surface area contributed by atoms with Crippen LogP contribution in [0.15, 0.2) is 42.6 Å². The molecule has 0 aliphatic carbocycles. The Morgan fingerprint density at radius 2 is 2.05 bits per heavy atom. The number of benzene rings is 1. The van der Waals surface area contributed by atoms with E-state index in [0.717, 1.165) is 10.2 Å². The summed E-state index contributed by atoms with van der Waals surface area (Å²) in [5, 5.41) is 11.2. The molecular formula is C12H7N3O3S. The summed E-state index contributed by atoms with van der Waals surface area (Å²) in [6, 6.07) is 10.6. The standard InChI is InChI=1S/C12H7N3O3S/c16-15(17)11-9(5-3-7-13-11)18-12-14-8-4-1-2-6-10(8)19-12/h1-7H. The van der Waals surface area contributed by atoms with E-state index in [1.807, 2.05) is 24.3 Å². The third-order valence-corrected chi connectivity index (χ3v) is 3.31. The molecule has 1 aromatic carbocycles. The first-order valence-corrected chi connectivity index (χ1v) is 6.18. The van der Waals surface area contributed by atoms with Crippen molar-refractivity contribution in [1.82, 2.24) is 9.97 Å². The lowest BCUT2D eigenvalue weighted by atomic mass is 10.3. The van der Waals surface area contributed by atoms with Gasteiger partial charge in [-0.2, -0.15) is 0 Å². The van der Waals surface area contributed by atoms with E-state index in [1.165, 1.54) is 23.6 Å². The van der Waals surface area contributed by atoms with Crippen molar-refractivity contribution in [3.05, 3.63) is 52.7 Å². The Bertz CT molecular complexity index is 724. The van der Waals surface area contributed by atoms with E-state index < -0.39 is 4.92 Å². The highest BCUT2D eigenvalue weighted by Crippen LogP contribution is 2.34. The molecule has 0 aliphatic heterocycles. The minimum absolute atomic E-state index is 0.0894. The van der Waals surface area contributed by atoms with Gasteiger partial charge in [0.15, 0.2) is 0 Å². The number of pyridine rings is 1. The maximum Gasteiger partial charge on any atom is 0.406 e. The van der Waals surface area contributed by atoms with Gasteiger partial charge >= 0.3 is 5.82 Å². The van der Waals surface area contributed by atoms with Crippen molar-refractivity contribution < 1.29 is 9.66 Å². The largest absolute Gasteiger partial charge is 0.422 e. The van der Waals surface area contributed by atoms with Crippen LogP contribution in [0.3, 0.4) is 0 Å². The van der Waals surface area contributed by atoms with Crippen LogP contribution >= 0.6 is 11.3 Å². The zero-order chi connectivity index (χ0) is 13.2. The SMILES string of the molecule is O=[N+]([O-])c1ncccc1Oc1nc2ccccc2s1. The number of aromatic nitrogens is 2. The summed E-state index contributed by atoms with van der Waals surface area (Å²) in [7, 11) is 0. The predicted molar refractivity (Wildman–Crippen MR) is 70.6 cm³/mol. The third kappa shape index (κ3) is 2.23. The number of nitrogens with zero attached hydrogens (tertiary/aromatic N) is 3. The molecule has 0 amide bonds. The fraction of sp³-hybridized carbons (Fsp3) is 0. The van der Waals surface area contributed by atoms with Gasteiger partial charge in [-0.05, 0) is 34.2 Å². The van der Waals surface area contributed by atoms with Crippen LogP contribution in [0.4, 0.5) is 5.82 Å². The highest BCUT2D eigenvalue weighted by atomic mass is 32.1. The molecule has 0 aliphatic rings. The van der Waals surface area contributed by atoms with Crippen LogP contribution in [-0.2, 0) is 0 Å². The van der Waals surface area contributed by atoms with Gasteiger partial charge in [0, 0.05) is 0 Å². The number of ether oxygens (including phenoxy) is 1. The van der Waals surface area contributed by atoms with Crippen molar-refractivity contribution in [3.63, 3.8) is 0 Å². The van der Waals surface area contributed by atoms with E-state index in [9.17, 15) is 10.1 Å². The molecule has 2 aromatic heterocycles. The highest BCUT2D eigenvalue weighted by molar-refractivity contribution is 7.20. The van der Waals surface area contributed by atoms with Gasteiger partial charge in [0.2, 0.25) is 5.75 Å². The quantitative estimate of drug-likeness (QED) is 0.540.